The average Bonchev–Trinajstić information content (AvgIpc) is 3.48. The van der Waals surface area contributed by atoms with Crippen LogP contribution < -0.4 is 4.74 Å². The number of hydrogen-bond acceptors (Lipinski definition) is 6. The van der Waals surface area contributed by atoms with E-state index < -0.39 is 0 Å². The van der Waals surface area contributed by atoms with Crippen LogP contribution in [0.15, 0.2) is 73.7 Å². The second-order valence-corrected chi connectivity index (χ2v) is 7.37. The monoisotopic (exact) mass is 419 g/mol. The maximum absolute atomic E-state index is 5.30. The second kappa shape index (κ2) is 7.28. The molecule has 6 aromatic rings. The average molecular weight is 419 g/mol. The molecule has 0 unspecified atom stereocenters. The van der Waals surface area contributed by atoms with Crippen molar-refractivity contribution in [2.24, 2.45) is 0 Å². The third kappa shape index (κ3) is 2.97. The predicted molar refractivity (Wildman–Crippen MR) is 122 cm³/mol. The van der Waals surface area contributed by atoms with Crippen molar-refractivity contribution in [1.29, 1.82) is 0 Å². The van der Waals surface area contributed by atoms with Crippen LogP contribution in [0.25, 0.3) is 55.6 Å². The Bertz CT molecular complexity index is 1570. The number of ether oxygens (including phenoxy) is 1. The Morgan fingerprint density at radius 2 is 1.72 bits per heavy atom. The summed E-state index contributed by atoms with van der Waals surface area (Å²) in [6.45, 7) is 0. The SMILES string of the molecule is COc1cncc(-c2cc3c(-c4cc5c(-c6cccnc6)cncc5[nH]4)n[nH]c3cn2)c1. The molecule has 6 rings (SSSR count). The van der Waals surface area contributed by atoms with Crippen LogP contribution in [0.1, 0.15) is 0 Å². The number of aromatic nitrogens is 7. The van der Waals surface area contributed by atoms with Crippen molar-refractivity contribution in [2.45, 2.75) is 0 Å². The van der Waals surface area contributed by atoms with Crippen LogP contribution in [-0.4, -0.2) is 42.2 Å². The number of nitrogens with zero attached hydrogens (tertiary/aromatic N) is 5. The zero-order valence-corrected chi connectivity index (χ0v) is 17.1. The first kappa shape index (κ1) is 18.2. The van der Waals surface area contributed by atoms with Crippen molar-refractivity contribution < 1.29 is 4.74 Å². The molecule has 0 fully saturated rings. The Morgan fingerprint density at radius 1 is 0.812 bits per heavy atom. The Labute approximate surface area is 182 Å². The summed E-state index contributed by atoms with van der Waals surface area (Å²) in [5.41, 5.74) is 7.19. The number of hydrogen-bond donors (Lipinski definition) is 2. The molecule has 0 saturated heterocycles. The Hall–Kier alpha value is -4.59. The molecule has 2 N–H and O–H groups in total. The molecule has 6 aromatic heterocycles. The van der Waals surface area contributed by atoms with Crippen LogP contribution in [0.4, 0.5) is 0 Å². The minimum absolute atomic E-state index is 0.683. The van der Waals surface area contributed by atoms with Gasteiger partial charge >= 0.3 is 0 Å². The highest BCUT2D eigenvalue weighted by Gasteiger charge is 2.15. The molecule has 0 spiro atoms. The van der Waals surface area contributed by atoms with Crippen molar-refractivity contribution in [2.75, 3.05) is 7.11 Å². The van der Waals surface area contributed by atoms with Crippen molar-refractivity contribution in [1.82, 2.24) is 35.1 Å². The maximum Gasteiger partial charge on any atom is 0.137 e. The van der Waals surface area contributed by atoms with Gasteiger partial charge in [-0.1, -0.05) is 6.07 Å². The van der Waals surface area contributed by atoms with E-state index in [1.807, 2.05) is 42.9 Å². The van der Waals surface area contributed by atoms with Gasteiger partial charge in [0.25, 0.3) is 0 Å². The molecule has 32 heavy (non-hydrogen) atoms. The molecule has 0 aliphatic heterocycles. The second-order valence-electron chi connectivity index (χ2n) is 7.37. The van der Waals surface area contributed by atoms with Gasteiger partial charge in [0.15, 0.2) is 0 Å². The van der Waals surface area contributed by atoms with Gasteiger partial charge in [-0.15, -0.1) is 0 Å². The molecule has 0 saturated carbocycles. The van der Waals surface area contributed by atoms with Crippen molar-refractivity contribution in [3.63, 3.8) is 0 Å². The number of rotatable bonds is 4. The zero-order valence-electron chi connectivity index (χ0n) is 17.1. The first-order valence-electron chi connectivity index (χ1n) is 10.0. The molecule has 0 atom stereocenters. The lowest BCUT2D eigenvalue weighted by Gasteiger charge is -2.04. The van der Waals surface area contributed by atoms with E-state index in [1.54, 1.807) is 31.9 Å². The maximum atomic E-state index is 5.30. The Morgan fingerprint density at radius 3 is 2.59 bits per heavy atom. The lowest BCUT2D eigenvalue weighted by Crippen LogP contribution is -1.88. The fourth-order valence-electron chi connectivity index (χ4n) is 3.88. The third-order valence-corrected chi connectivity index (χ3v) is 5.47. The molecule has 8 heteroatoms. The number of fused-ring (bicyclic) bond motifs is 2. The molecular formula is C24H17N7O. The molecule has 0 aliphatic rings. The molecule has 0 aromatic carbocycles. The van der Waals surface area contributed by atoms with E-state index in [9.17, 15) is 0 Å². The van der Waals surface area contributed by atoms with E-state index >= 15 is 0 Å². The number of nitrogens with one attached hydrogen (secondary N) is 2. The summed E-state index contributed by atoms with van der Waals surface area (Å²) in [5, 5.41) is 9.66. The topological polar surface area (TPSA) is 105 Å². The highest BCUT2D eigenvalue weighted by atomic mass is 16.5. The van der Waals surface area contributed by atoms with Gasteiger partial charge in [0.1, 0.15) is 11.4 Å². The van der Waals surface area contributed by atoms with E-state index in [1.165, 1.54) is 0 Å². The highest BCUT2D eigenvalue weighted by molar-refractivity contribution is 6.00. The van der Waals surface area contributed by atoms with Crippen molar-refractivity contribution >= 4 is 21.8 Å². The lowest BCUT2D eigenvalue weighted by molar-refractivity contribution is 0.413. The molecule has 0 amide bonds. The summed E-state index contributed by atoms with van der Waals surface area (Å²) in [4.78, 5) is 20.9. The largest absolute Gasteiger partial charge is 0.495 e. The van der Waals surface area contributed by atoms with Crippen LogP contribution >= 0.6 is 0 Å². The van der Waals surface area contributed by atoms with E-state index in [0.29, 0.717) is 5.75 Å². The van der Waals surface area contributed by atoms with E-state index in [-0.39, 0.29) is 0 Å². The zero-order chi connectivity index (χ0) is 21.5. The number of aromatic amines is 2. The van der Waals surface area contributed by atoms with Crippen molar-refractivity contribution in [3.8, 4) is 39.5 Å². The van der Waals surface area contributed by atoms with Gasteiger partial charge in [0.05, 0.1) is 48.1 Å². The quantitative estimate of drug-likeness (QED) is 0.431. The summed E-state index contributed by atoms with van der Waals surface area (Å²) >= 11 is 0. The van der Waals surface area contributed by atoms with Gasteiger partial charge in [-0.25, -0.2) is 0 Å². The summed E-state index contributed by atoms with van der Waals surface area (Å²) < 4.78 is 5.30. The fourth-order valence-corrected chi connectivity index (χ4v) is 3.88. The Kier molecular flexibility index (Phi) is 4.14. The van der Waals surface area contributed by atoms with Gasteiger partial charge in [0, 0.05) is 52.3 Å². The molecule has 6 heterocycles. The number of pyridine rings is 4. The van der Waals surface area contributed by atoms with Gasteiger partial charge in [-0.05, 0) is 24.3 Å². The van der Waals surface area contributed by atoms with Crippen LogP contribution in [0, 0.1) is 0 Å². The minimum Gasteiger partial charge on any atom is -0.495 e. The normalized spacial score (nSPS) is 11.3. The van der Waals surface area contributed by atoms with Gasteiger partial charge in [0.2, 0.25) is 0 Å². The van der Waals surface area contributed by atoms with Crippen LogP contribution in [-0.2, 0) is 0 Å². The van der Waals surface area contributed by atoms with Gasteiger partial charge < -0.3 is 9.72 Å². The Balaban J connectivity index is 1.50. The summed E-state index contributed by atoms with van der Waals surface area (Å²) in [7, 11) is 1.62. The molecule has 0 bridgehead atoms. The van der Waals surface area contributed by atoms with Crippen LogP contribution in [0.5, 0.6) is 5.75 Å². The minimum atomic E-state index is 0.683. The summed E-state index contributed by atoms with van der Waals surface area (Å²) in [6.07, 6.45) is 12.5. The lowest BCUT2D eigenvalue weighted by atomic mass is 10.1. The summed E-state index contributed by atoms with van der Waals surface area (Å²) in [5.74, 6) is 0.683. The molecule has 154 valence electrons. The molecule has 8 nitrogen and oxygen atoms in total. The fraction of sp³-hybridized carbons (Fsp3) is 0.0417. The van der Waals surface area contributed by atoms with Gasteiger partial charge in [-0.3, -0.25) is 25.0 Å². The smallest absolute Gasteiger partial charge is 0.137 e. The molecular weight excluding hydrogens is 402 g/mol. The van der Waals surface area contributed by atoms with E-state index in [2.05, 4.69) is 41.2 Å². The number of H-pyrrole nitrogens is 2. The number of methoxy groups -OCH3 is 1. The van der Waals surface area contributed by atoms with Crippen LogP contribution in [0.3, 0.4) is 0 Å². The standard InChI is InChI=1S/C24H17N7O/c1-32-16-5-15(9-26-10-16)20-7-18-23(13-28-20)30-31-24(18)21-6-17-19(11-27-12-22(17)29-21)14-3-2-4-25-8-14/h2-13,29H,1H3,(H,30,31). The highest BCUT2D eigenvalue weighted by Crippen LogP contribution is 2.34. The van der Waals surface area contributed by atoms with Gasteiger partial charge in [-0.2, -0.15) is 5.10 Å². The first-order valence-corrected chi connectivity index (χ1v) is 10.0. The van der Waals surface area contributed by atoms with Crippen LogP contribution in [0.2, 0.25) is 0 Å². The van der Waals surface area contributed by atoms with E-state index in [0.717, 1.165) is 55.6 Å². The molecule has 0 aliphatic carbocycles. The van der Waals surface area contributed by atoms with Crippen molar-refractivity contribution in [3.05, 3.63) is 73.7 Å². The first-order chi connectivity index (χ1) is 15.8. The predicted octanol–water partition coefficient (Wildman–Crippen LogP) is 4.63. The summed E-state index contributed by atoms with van der Waals surface area (Å²) in [6, 6.07) is 9.97. The van der Waals surface area contributed by atoms with E-state index in [4.69, 9.17) is 4.74 Å². The third-order valence-electron chi connectivity index (χ3n) is 5.47. The molecule has 0 radical (unpaired) electrons.